The van der Waals surface area contributed by atoms with E-state index < -0.39 is 0 Å². The van der Waals surface area contributed by atoms with Gasteiger partial charge in [-0.15, -0.1) is 0 Å². The van der Waals surface area contributed by atoms with E-state index in [1.165, 1.54) is 24.3 Å². The van der Waals surface area contributed by atoms with Crippen molar-refractivity contribution in [2.45, 2.75) is 19.8 Å². The van der Waals surface area contributed by atoms with Crippen molar-refractivity contribution in [3.8, 4) is 22.3 Å². The standard InChI is InChI=1S/C21H18F2/c1-14(2)17-9-18(15-5-3-7-20(22)12-15)11-19(10-17)16-6-4-8-21(23)13-16/h3-14H,1-2H3. The summed E-state index contributed by atoms with van der Waals surface area (Å²) in [6.45, 7) is 4.22. The van der Waals surface area contributed by atoms with Gasteiger partial charge in [0, 0.05) is 0 Å². The fraction of sp³-hybridized carbons (Fsp3) is 0.143. The average Bonchev–Trinajstić information content (AvgIpc) is 2.54. The summed E-state index contributed by atoms with van der Waals surface area (Å²) in [5.41, 5.74) is 4.67. The molecule has 0 radical (unpaired) electrons. The smallest absolute Gasteiger partial charge is 0.123 e. The van der Waals surface area contributed by atoms with Crippen LogP contribution in [-0.2, 0) is 0 Å². The number of hydrogen-bond donors (Lipinski definition) is 0. The lowest BCUT2D eigenvalue weighted by Gasteiger charge is -2.13. The molecule has 0 aliphatic carbocycles. The zero-order chi connectivity index (χ0) is 16.4. The Labute approximate surface area is 135 Å². The fourth-order valence-corrected chi connectivity index (χ4v) is 2.65. The lowest BCUT2D eigenvalue weighted by molar-refractivity contribution is 0.628. The van der Waals surface area contributed by atoms with Crippen molar-refractivity contribution in [2.24, 2.45) is 0 Å². The number of hydrogen-bond acceptors (Lipinski definition) is 0. The molecule has 0 heterocycles. The summed E-state index contributed by atoms with van der Waals surface area (Å²) in [5, 5.41) is 0. The van der Waals surface area contributed by atoms with Crippen LogP contribution in [0.1, 0.15) is 25.3 Å². The normalized spacial score (nSPS) is 11.0. The lowest BCUT2D eigenvalue weighted by Crippen LogP contribution is -1.92. The van der Waals surface area contributed by atoms with E-state index in [2.05, 4.69) is 26.0 Å². The van der Waals surface area contributed by atoms with Gasteiger partial charge in [0.15, 0.2) is 0 Å². The van der Waals surface area contributed by atoms with E-state index in [4.69, 9.17) is 0 Å². The molecule has 3 rings (SSSR count). The molecule has 0 unspecified atom stereocenters. The fourth-order valence-electron chi connectivity index (χ4n) is 2.65. The molecule has 2 heteroatoms. The Kier molecular flexibility index (Phi) is 4.24. The molecule has 0 aliphatic heterocycles. The van der Waals surface area contributed by atoms with Gasteiger partial charge in [-0.05, 0) is 64.1 Å². The highest BCUT2D eigenvalue weighted by atomic mass is 19.1. The zero-order valence-electron chi connectivity index (χ0n) is 13.2. The van der Waals surface area contributed by atoms with Crippen LogP contribution in [0.25, 0.3) is 22.3 Å². The summed E-state index contributed by atoms with van der Waals surface area (Å²) >= 11 is 0. The maximum atomic E-state index is 13.5. The Morgan fingerprint density at radius 2 is 1.09 bits per heavy atom. The first-order valence-electron chi connectivity index (χ1n) is 7.70. The lowest BCUT2D eigenvalue weighted by atomic mass is 9.92. The first-order valence-corrected chi connectivity index (χ1v) is 7.70. The third-order valence-corrected chi connectivity index (χ3v) is 3.94. The summed E-state index contributed by atoms with van der Waals surface area (Å²) in [5.74, 6) is -0.190. The van der Waals surface area contributed by atoms with Crippen molar-refractivity contribution in [1.82, 2.24) is 0 Å². The molecule has 0 amide bonds. The molecule has 0 fully saturated rings. The predicted molar refractivity (Wildman–Crippen MR) is 91.3 cm³/mol. The van der Waals surface area contributed by atoms with Gasteiger partial charge in [0.25, 0.3) is 0 Å². The first-order chi connectivity index (χ1) is 11.0. The Morgan fingerprint density at radius 1 is 0.609 bits per heavy atom. The quantitative estimate of drug-likeness (QED) is 0.523. The summed E-state index contributed by atoms with van der Waals surface area (Å²) in [6.07, 6.45) is 0. The van der Waals surface area contributed by atoms with Crippen molar-refractivity contribution < 1.29 is 8.78 Å². The van der Waals surface area contributed by atoms with E-state index in [1.807, 2.05) is 18.2 Å². The van der Waals surface area contributed by atoms with Crippen LogP contribution in [0.2, 0.25) is 0 Å². The molecule has 0 saturated carbocycles. The maximum absolute atomic E-state index is 13.5. The summed E-state index contributed by atoms with van der Waals surface area (Å²) in [4.78, 5) is 0. The molecule has 0 bridgehead atoms. The molecular formula is C21H18F2. The van der Waals surface area contributed by atoms with Crippen LogP contribution in [0.15, 0.2) is 66.7 Å². The molecule has 116 valence electrons. The van der Waals surface area contributed by atoms with Crippen molar-refractivity contribution in [2.75, 3.05) is 0 Å². The van der Waals surface area contributed by atoms with Crippen molar-refractivity contribution in [3.05, 3.63) is 83.9 Å². The predicted octanol–water partition coefficient (Wildman–Crippen LogP) is 6.42. The third kappa shape index (κ3) is 3.48. The van der Waals surface area contributed by atoms with Crippen LogP contribution < -0.4 is 0 Å². The van der Waals surface area contributed by atoms with Gasteiger partial charge in [-0.2, -0.15) is 0 Å². The molecule has 0 N–H and O–H groups in total. The average molecular weight is 308 g/mol. The molecule has 0 nitrogen and oxygen atoms in total. The van der Waals surface area contributed by atoms with Gasteiger partial charge in [0.1, 0.15) is 11.6 Å². The van der Waals surface area contributed by atoms with Gasteiger partial charge in [-0.1, -0.05) is 50.2 Å². The molecule has 0 atom stereocenters. The first kappa shape index (κ1) is 15.4. The highest BCUT2D eigenvalue weighted by Crippen LogP contribution is 2.31. The summed E-state index contributed by atoms with van der Waals surface area (Å²) < 4.78 is 27.1. The van der Waals surface area contributed by atoms with Gasteiger partial charge < -0.3 is 0 Å². The van der Waals surface area contributed by atoms with Crippen LogP contribution >= 0.6 is 0 Å². The summed E-state index contributed by atoms with van der Waals surface area (Å²) in [6, 6.07) is 19.2. The molecule has 3 aromatic rings. The van der Waals surface area contributed by atoms with Crippen LogP contribution in [0.5, 0.6) is 0 Å². The monoisotopic (exact) mass is 308 g/mol. The molecule has 0 aliphatic rings. The Morgan fingerprint density at radius 3 is 1.48 bits per heavy atom. The number of halogens is 2. The highest BCUT2D eigenvalue weighted by molar-refractivity contribution is 5.74. The Hall–Kier alpha value is -2.48. The van der Waals surface area contributed by atoms with Crippen LogP contribution in [0, 0.1) is 11.6 Å². The van der Waals surface area contributed by atoms with E-state index in [0.29, 0.717) is 5.92 Å². The minimum Gasteiger partial charge on any atom is -0.207 e. The van der Waals surface area contributed by atoms with E-state index >= 15 is 0 Å². The van der Waals surface area contributed by atoms with E-state index in [0.717, 1.165) is 27.8 Å². The van der Waals surface area contributed by atoms with E-state index in [-0.39, 0.29) is 11.6 Å². The molecule has 0 spiro atoms. The van der Waals surface area contributed by atoms with Gasteiger partial charge in [-0.25, -0.2) is 8.78 Å². The van der Waals surface area contributed by atoms with Crippen molar-refractivity contribution >= 4 is 0 Å². The largest absolute Gasteiger partial charge is 0.207 e. The number of rotatable bonds is 3. The molecular weight excluding hydrogens is 290 g/mol. The maximum Gasteiger partial charge on any atom is 0.123 e. The van der Waals surface area contributed by atoms with Crippen molar-refractivity contribution in [3.63, 3.8) is 0 Å². The zero-order valence-corrected chi connectivity index (χ0v) is 13.2. The number of benzene rings is 3. The second-order valence-electron chi connectivity index (χ2n) is 6.02. The molecule has 0 aromatic heterocycles. The SMILES string of the molecule is CC(C)c1cc(-c2cccc(F)c2)cc(-c2cccc(F)c2)c1. The minimum atomic E-state index is -0.259. The van der Waals surface area contributed by atoms with Crippen molar-refractivity contribution in [1.29, 1.82) is 0 Å². The van der Waals surface area contributed by atoms with Gasteiger partial charge in [0.05, 0.1) is 0 Å². The van der Waals surface area contributed by atoms with Gasteiger partial charge in [0.2, 0.25) is 0 Å². The minimum absolute atomic E-state index is 0.259. The van der Waals surface area contributed by atoms with Gasteiger partial charge >= 0.3 is 0 Å². The molecule has 0 saturated heterocycles. The van der Waals surface area contributed by atoms with Crippen LogP contribution in [0.3, 0.4) is 0 Å². The highest BCUT2D eigenvalue weighted by Gasteiger charge is 2.09. The molecule has 3 aromatic carbocycles. The van der Waals surface area contributed by atoms with E-state index in [9.17, 15) is 8.78 Å². The van der Waals surface area contributed by atoms with E-state index in [1.54, 1.807) is 12.1 Å². The van der Waals surface area contributed by atoms with Gasteiger partial charge in [-0.3, -0.25) is 0 Å². The molecule has 23 heavy (non-hydrogen) atoms. The third-order valence-electron chi connectivity index (χ3n) is 3.94. The second-order valence-corrected chi connectivity index (χ2v) is 6.02. The Bertz CT molecular complexity index is 771. The van der Waals surface area contributed by atoms with Crippen LogP contribution in [0.4, 0.5) is 8.78 Å². The van der Waals surface area contributed by atoms with Crippen LogP contribution in [-0.4, -0.2) is 0 Å². The summed E-state index contributed by atoms with van der Waals surface area (Å²) in [7, 11) is 0. The Balaban J connectivity index is 2.17. The second kappa shape index (κ2) is 6.33. The topological polar surface area (TPSA) is 0 Å².